The van der Waals surface area contributed by atoms with Gasteiger partial charge >= 0.3 is 12.4 Å². The highest BCUT2D eigenvalue weighted by molar-refractivity contribution is 5.88. The Morgan fingerprint density at radius 2 is 1.67 bits per heavy atom. The zero-order chi connectivity index (χ0) is 31.1. The van der Waals surface area contributed by atoms with Crippen molar-refractivity contribution in [2.24, 2.45) is 27.1 Å². The lowest BCUT2D eigenvalue weighted by molar-refractivity contribution is -0.143. The average Bonchev–Trinajstić information content (AvgIpc) is 3.42. The number of hydrogen-bond acceptors (Lipinski definition) is 5. The third-order valence-electron chi connectivity index (χ3n) is 6.84. The van der Waals surface area contributed by atoms with Gasteiger partial charge in [0.05, 0.1) is 30.1 Å². The summed E-state index contributed by atoms with van der Waals surface area (Å²) in [5.74, 6) is 0.363. The summed E-state index contributed by atoms with van der Waals surface area (Å²) in [4.78, 5) is 19.7. The number of aromatic nitrogens is 1. The third-order valence-corrected chi connectivity index (χ3v) is 6.84. The Kier molecular flexibility index (Phi) is 10.7. The van der Waals surface area contributed by atoms with E-state index in [2.05, 4.69) is 30.6 Å². The summed E-state index contributed by atoms with van der Waals surface area (Å²) < 4.78 is 81.2. The van der Waals surface area contributed by atoms with E-state index < -0.39 is 30.0 Å². The zero-order valence-electron chi connectivity index (χ0n) is 23.6. The summed E-state index contributed by atoms with van der Waals surface area (Å²) in [6, 6.07) is 3.00. The largest absolute Gasteiger partial charge is 0.416 e. The number of alkyl halides is 6. The van der Waals surface area contributed by atoms with Crippen LogP contribution in [-0.2, 0) is 30.2 Å². The summed E-state index contributed by atoms with van der Waals surface area (Å²) in [7, 11) is 1.32. The van der Waals surface area contributed by atoms with E-state index in [9.17, 15) is 31.1 Å². The number of hydrogen-bond donors (Lipinski definition) is 2. The molecule has 42 heavy (non-hydrogen) atoms. The van der Waals surface area contributed by atoms with Gasteiger partial charge in [0, 0.05) is 38.7 Å². The summed E-state index contributed by atoms with van der Waals surface area (Å²) in [5, 5.41) is 13.4. The Labute approximate surface area is 239 Å². The molecule has 3 rings (SSSR count). The van der Waals surface area contributed by atoms with Gasteiger partial charge in [0.15, 0.2) is 0 Å². The number of carbonyl (C=O) groups excluding carboxylic acids is 1. The summed E-state index contributed by atoms with van der Waals surface area (Å²) in [5.41, 5.74) is 3.83. The maximum absolute atomic E-state index is 13.5. The lowest BCUT2D eigenvalue weighted by atomic mass is 10.0. The first-order valence-corrected chi connectivity index (χ1v) is 13.4. The van der Waals surface area contributed by atoms with Gasteiger partial charge in [0.1, 0.15) is 5.82 Å². The van der Waals surface area contributed by atoms with Crippen LogP contribution in [0.4, 0.5) is 37.8 Å². The van der Waals surface area contributed by atoms with E-state index in [1.54, 1.807) is 6.07 Å². The minimum atomic E-state index is -5.01. The summed E-state index contributed by atoms with van der Waals surface area (Å²) >= 11 is 0. The van der Waals surface area contributed by atoms with Gasteiger partial charge < -0.3 is 20.9 Å². The molecule has 1 aromatic heterocycles. The molecule has 0 aliphatic heterocycles. The van der Waals surface area contributed by atoms with Crippen molar-refractivity contribution in [3.8, 4) is 0 Å². The van der Waals surface area contributed by atoms with Crippen LogP contribution in [0.15, 0.2) is 45.9 Å². The molecule has 1 aromatic carbocycles. The molecule has 2 aromatic rings. The zero-order valence-corrected chi connectivity index (χ0v) is 23.6. The Morgan fingerprint density at radius 3 is 2.19 bits per heavy atom. The molecule has 1 heterocycles. The molecular weight excluding hydrogens is 566 g/mol. The molecule has 3 N–H and O–H groups in total. The number of benzene rings is 1. The molecule has 15 heteroatoms. The van der Waals surface area contributed by atoms with Crippen LogP contribution in [0.25, 0.3) is 0 Å². The lowest BCUT2D eigenvalue weighted by Gasteiger charge is -2.30. The number of guanidine groups is 1. The van der Waals surface area contributed by atoms with Crippen molar-refractivity contribution in [1.82, 2.24) is 9.88 Å². The molecule has 0 radical (unpaired) electrons. The number of rotatable bonds is 10. The van der Waals surface area contributed by atoms with Crippen LogP contribution in [-0.4, -0.2) is 41.9 Å². The normalized spacial score (nSPS) is 14.9. The number of nitrogens with one attached hydrogen (secondary N) is 1. The average molecular weight is 601 g/mol. The quantitative estimate of drug-likeness (QED) is 0.108. The molecule has 0 atom stereocenters. The number of halogens is 6. The van der Waals surface area contributed by atoms with Crippen LogP contribution in [0.2, 0.25) is 0 Å². The lowest BCUT2D eigenvalue weighted by Crippen LogP contribution is -2.37. The van der Waals surface area contributed by atoms with Crippen molar-refractivity contribution in [2.75, 3.05) is 30.4 Å². The van der Waals surface area contributed by atoms with Crippen LogP contribution in [0.1, 0.15) is 61.8 Å². The van der Waals surface area contributed by atoms with Crippen molar-refractivity contribution in [2.45, 2.75) is 65.0 Å². The molecule has 1 aliphatic rings. The van der Waals surface area contributed by atoms with Crippen LogP contribution in [0, 0.1) is 5.92 Å². The number of pyridine rings is 1. The van der Waals surface area contributed by atoms with Gasteiger partial charge in [0.2, 0.25) is 11.9 Å². The van der Waals surface area contributed by atoms with Crippen molar-refractivity contribution >= 4 is 23.4 Å². The van der Waals surface area contributed by atoms with E-state index >= 15 is 0 Å². The summed E-state index contributed by atoms with van der Waals surface area (Å²) in [6.07, 6.45) is -4.12. The van der Waals surface area contributed by atoms with Crippen LogP contribution < -0.4 is 16.0 Å². The smallest absolute Gasteiger partial charge is 0.368 e. The van der Waals surface area contributed by atoms with Gasteiger partial charge in [-0.1, -0.05) is 17.9 Å². The first kappa shape index (κ1) is 32.6. The predicted octanol–water partition coefficient (Wildman–Crippen LogP) is 6.41. The van der Waals surface area contributed by atoms with Gasteiger partial charge in [0.25, 0.3) is 0 Å². The molecule has 0 spiro atoms. The first-order valence-electron chi connectivity index (χ1n) is 13.4. The number of nitrogens with zero attached hydrogens (tertiary/aromatic N) is 6. The van der Waals surface area contributed by atoms with E-state index in [0.717, 1.165) is 25.7 Å². The molecule has 1 amide bonds. The Morgan fingerprint density at radius 1 is 1.05 bits per heavy atom. The Hall–Kier alpha value is -3.91. The minimum absolute atomic E-state index is 0.0671. The minimum Gasteiger partial charge on any atom is -0.368 e. The number of anilines is 2. The summed E-state index contributed by atoms with van der Waals surface area (Å²) in [6.45, 7) is 3.99. The monoisotopic (exact) mass is 600 g/mol. The number of carbonyl (C=O) groups is 1. The molecule has 1 saturated carbocycles. The first-order chi connectivity index (χ1) is 19.7. The van der Waals surface area contributed by atoms with Crippen LogP contribution in [0.3, 0.4) is 0 Å². The standard InChI is InChI=1S/C27H34F6N8O/c1-4-40(14-18-7-5-6-8-18)24-20(11-23(13-36-24)37-17(2)42)16-41(25(34)38-39-35-3)15-19-9-21(26(28,29)30)12-22(10-19)27(31,32)33/h9-13,18H,4-8,14-16H2,1-3H3,(H,37,42)(H2,34,35,38). The molecule has 0 bridgehead atoms. The van der Waals surface area contributed by atoms with Crippen molar-refractivity contribution in [3.63, 3.8) is 0 Å². The van der Waals surface area contributed by atoms with Crippen LogP contribution in [0.5, 0.6) is 0 Å². The Balaban J connectivity index is 2.09. The molecule has 1 fully saturated rings. The second-order valence-electron chi connectivity index (χ2n) is 10.1. The second kappa shape index (κ2) is 13.8. The van der Waals surface area contributed by atoms with Crippen molar-refractivity contribution < 1.29 is 31.1 Å². The van der Waals surface area contributed by atoms with Crippen LogP contribution >= 0.6 is 0 Å². The van der Waals surface area contributed by atoms with E-state index in [4.69, 9.17) is 5.73 Å². The maximum Gasteiger partial charge on any atom is 0.416 e. The fraction of sp³-hybridized carbons (Fsp3) is 0.519. The van der Waals surface area contributed by atoms with Gasteiger partial charge in [-0.25, -0.2) is 4.98 Å². The van der Waals surface area contributed by atoms with E-state index in [1.807, 2.05) is 6.92 Å². The highest BCUT2D eigenvalue weighted by Gasteiger charge is 2.37. The molecule has 9 nitrogen and oxygen atoms in total. The topological polar surface area (TPSA) is 112 Å². The van der Waals surface area contributed by atoms with Gasteiger partial charge in [-0.15, -0.1) is 0 Å². The van der Waals surface area contributed by atoms with E-state index in [-0.39, 0.29) is 30.0 Å². The van der Waals surface area contributed by atoms with E-state index in [0.29, 0.717) is 48.2 Å². The highest BCUT2D eigenvalue weighted by atomic mass is 19.4. The van der Waals surface area contributed by atoms with Crippen molar-refractivity contribution in [3.05, 3.63) is 52.7 Å². The maximum atomic E-state index is 13.5. The molecule has 0 saturated heterocycles. The van der Waals surface area contributed by atoms with E-state index in [1.165, 1.54) is 25.1 Å². The number of amides is 1. The molecular formula is C27H34F6N8O. The SMILES string of the molecule is CCN(CC1CCCC1)c1ncc(NC(C)=O)cc1CN(Cc1cc(C(F)(F)F)cc(C(F)(F)F)c1)C(N)=NN=NC. The fourth-order valence-corrected chi connectivity index (χ4v) is 4.95. The fourth-order valence-electron chi connectivity index (χ4n) is 4.95. The van der Waals surface area contributed by atoms with Gasteiger partial charge in [-0.05, 0) is 60.7 Å². The molecule has 1 aliphatic carbocycles. The predicted molar refractivity (Wildman–Crippen MR) is 146 cm³/mol. The molecule has 0 unspecified atom stereocenters. The third kappa shape index (κ3) is 9.05. The van der Waals surface area contributed by atoms with Crippen molar-refractivity contribution in [1.29, 1.82) is 0 Å². The Bertz CT molecular complexity index is 1260. The van der Waals surface area contributed by atoms with Gasteiger partial charge in [-0.3, -0.25) is 4.79 Å². The van der Waals surface area contributed by atoms with Gasteiger partial charge in [-0.2, -0.15) is 31.5 Å². The molecule has 230 valence electrons. The highest BCUT2D eigenvalue weighted by Crippen LogP contribution is 2.37. The number of nitrogens with two attached hydrogens (primary N) is 1. The second-order valence-corrected chi connectivity index (χ2v) is 10.1.